The van der Waals surface area contributed by atoms with E-state index in [4.69, 9.17) is 10.2 Å². The van der Waals surface area contributed by atoms with Crippen LogP contribution in [-0.4, -0.2) is 45.7 Å². The summed E-state index contributed by atoms with van der Waals surface area (Å²) in [5.41, 5.74) is -0.195. The molecule has 2 atom stereocenters. The van der Waals surface area contributed by atoms with E-state index in [1.165, 1.54) is 0 Å². The van der Waals surface area contributed by atoms with Gasteiger partial charge in [0.25, 0.3) is 0 Å². The van der Waals surface area contributed by atoms with Gasteiger partial charge in [-0.05, 0) is 18.2 Å². The first-order valence-electron chi connectivity index (χ1n) is 4.01. The molecule has 1 aliphatic carbocycles. The summed E-state index contributed by atoms with van der Waals surface area (Å²) in [6.07, 6.45) is 0.0618. The SMILES string of the molecule is O=C1C=CC(=O)C(C(O)C(O)CO)=C1. The summed E-state index contributed by atoms with van der Waals surface area (Å²) in [4.78, 5) is 22.0. The maximum absolute atomic E-state index is 11.1. The molecule has 0 aliphatic heterocycles. The van der Waals surface area contributed by atoms with Crippen molar-refractivity contribution in [1.29, 1.82) is 0 Å². The molecule has 0 spiro atoms. The molecule has 0 bridgehead atoms. The van der Waals surface area contributed by atoms with Crippen LogP contribution in [-0.2, 0) is 9.59 Å². The molecule has 1 aliphatic rings. The summed E-state index contributed by atoms with van der Waals surface area (Å²) in [5, 5.41) is 26.9. The van der Waals surface area contributed by atoms with Gasteiger partial charge in [-0.3, -0.25) is 9.59 Å². The Kier molecular flexibility index (Phi) is 3.29. The molecule has 1 rings (SSSR count). The average molecular weight is 198 g/mol. The lowest BCUT2D eigenvalue weighted by Gasteiger charge is -2.18. The Morgan fingerprint density at radius 3 is 2.43 bits per heavy atom. The van der Waals surface area contributed by atoms with E-state index in [2.05, 4.69) is 0 Å². The first-order valence-corrected chi connectivity index (χ1v) is 4.01. The third-order valence-electron chi connectivity index (χ3n) is 1.85. The maximum Gasteiger partial charge on any atom is 0.184 e. The van der Waals surface area contributed by atoms with Crippen molar-refractivity contribution in [1.82, 2.24) is 0 Å². The zero-order valence-electron chi connectivity index (χ0n) is 7.25. The highest BCUT2D eigenvalue weighted by Gasteiger charge is 2.26. The minimum Gasteiger partial charge on any atom is -0.394 e. The van der Waals surface area contributed by atoms with Crippen LogP contribution in [0.1, 0.15) is 0 Å². The Hall–Kier alpha value is -1.30. The van der Waals surface area contributed by atoms with Gasteiger partial charge >= 0.3 is 0 Å². The molecule has 0 aromatic carbocycles. The van der Waals surface area contributed by atoms with Crippen molar-refractivity contribution >= 4 is 11.6 Å². The van der Waals surface area contributed by atoms with Gasteiger partial charge in [-0.15, -0.1) is 0 Å². The first kappa shape index (κ1) is 10.8. The van der Waals surface area contributed by atoms with Crippen LogP contribution < -0.4 is 0 Å². The first-order chi connectivity index (χ1) is 6.56. The van der Waals surface area contributed by atoms with E-state index < -0.39 is 30.4 Å². The third kappa shape index (κ3) is 2.14. The van der Waals surface area contributed by atoms with Crippen molar-refractivity contribution in [3.8, 4) is 0 Å². The molecule has 3 N–H and O–H groups in total. The zero-order chi connectivity index (χ0) is 10.7. The third-order valence-corrected chi connectivity index (χ3v) is 1.85. The molecule has 0 fully saturated rings. The molecule has 0 saturated carbocycles. The van der Waals surface area contributed by atoms with E-state index in [9.17, 15) is 14.7 Å². The zero-order valence-corrected chi connectivity index (χ0v) is 7.25. The Morgan fingerprint density at radius 2 is 1.86 bits per heavy atom. The summed E-state index contributed by atoms with van der Waals surface area (Å²) in [7, 11) is 0. The lowest BCUT2D eigenvalue weighted by molar-refractivity contribution is -0.116. The quantitative estimate of drug-likeness (QED) is 0.471. The monoisotopic (exact) mass is 198 g/mol. The molecule has 5 nitrogen and oxygen atoms in total. The van der Waals surface area contributed by atoms with Gasteiger partial charge in [0.15, 0.2) is 11.6 Å². The van der Waals surface area contributed by atoms with Gasteiger partial charge in [0.2, 0.25) is 0 Å². The second-order valence-electron chi connectivity index (χ2n) is 2.89. The van der Waals surface area contributed by atoms with Gasteiger partial charge in [-0.25, -0.2) is 0 Å². The number of carbonyl (C=O) groups excluding carboxylic acids is 2. The molecule has 0 saturated heterocycles. The van der Waals surface area contributed by atoms with Gasteiger partial charge < -0.3 is 15.3 Å². The topological polar surface area (TPSA) is 94.8 Å². The highest BCUT2D eigenvalue weighted by atomic mass is 16.4. The smallest absolute Gasteiger partial charge is 0.184 e. The van der Waals surface area contributed by atoms with Crippen molar-refractivity contribution in [2.45, 2.75) is 12.2 Å². The van der Waals surface area contributed by atoms with E-state index in [0.717, 1.165) is 18.2 Å². The molecule has 0 heterocycles. The van der Waals surface area contributed by atoms with E-state index in [1.54, 1.807) is 0 Å². The van der Waals surface area contributed by atoms with Crippen LogP contribution in [0.5, 0.6) is 0 Å². The molecule has 0 aromatic rings. The minimum atomic E-state index is -1.53. The van der Waals surface area contributed by atoms with Crippen molar-refractivity contribution < 1.29 is 24.9 Å². The summed E-state index contributed by atoms with van der Waals surface area (Å²) >= 11 is 0. The van der Waals surface area contributed by atoms with E-state index >= 15 is 0 Å². The van der Waals surface area contributed by atoms with E-state index in [-0.39, 0.29) is 5.57 Å². The Morgan fingerprint density at radius 1 is 1.21 bits per heavy atom. The van der Waals surface area contributed by atoms with Crippen molar-refractivity contribution in [2.75, 3.05) is 6.61 Å². The van der Waals surface area contributed by atoms with Crippen molar-refractivity contribution in [3.05, 3.63) is 23.8 Å². The van der Waals surface area contributed by atoms with E-state index in [1.807, 2.05) is 0 Å². The second-order valence-corrected chi connectivity index (χ2v) is 2.89. The fraction of sp³-hybridized carbons (Fsp3) is 0.333. The maximum atomic E-state index is 11.1. The van der Waals surface area contributed by atoms with Crippen LogP contribution in [0.2, 0.25) is 0 Å². The van der Waals surface area contributed by atoms with Crippen LogP contribution in [0.25, 0.3) is 0 Å². The number of ketones is 2. The van der Waals surface area contributed by atoms with E-state index in [0.29, 0.717) is 0 Å². The van der Waals surface area contributed by atoms with Crippen LogP contribution >= 0.6 is 0 Å². The highest BCUT2D eigenvalue weighted by molar-refractivity contribution is 6.17. The molecule has 0 aromatic heterocycles. The molecular weight excluding hydrogens is 188 g/mol. The Bertz CT molecular complexity index is 315. The highest BCUT2D eigenvalue weighted by Crippen LogP contribution is 2.12. The number of aliphatic hydroxyl groups is 3. The minimum absolute atomic E-state index is 0.195. The predicted octanol–water partition coefficient (Wildman–Crippen LogP) is -1.67. The predicted molar refractivity (Wildman–Crippen MR) is 46.3 cm³/mol. The van der Waals surface area contributed by atoms with Crippen LogP contribution in [0.4, 0.5) is 0 Å². The number of rotatable bonds is 3. The number of aliphatic hydroxyl groups excluding tert-OH is 3. The molecule has 0 radical (unpaired) electrons. The van der Waals surface area contributed by atoms with Gasteiger partial charge in [0, 0.05) is 5.57 Å². The van der Waals surface area contributed by atoms with Gasteiger partial charge in [0.1, 0.15) is 12.2 Å². The van der Waals surface area contributed by atoms with Crippen LogP contribution in [0, 0.1) is 0 Å². The molecule has 0 amide bonds. The molecule has 76 valence electrons. The summed E-state index contributed by atoms with van der Waals surface area (Å²) in [5.74, 6) is -0.964. The van der Waals surface area contributed by atoms with Gasteiger partial charge in [-0.1, -0.05) is 0 Å². The number of hydrogen-bond donors (Lipinski definition) is 3. The second kappa shape index (κ2) is 4.28. The number of allylic oxidation sites excluding steroid dienone is 3. The normalized spacial score (nSPS) is 20.6. The summed E-state index contributed by atoms with van der Waals surface area (Å²) in [6, 6.07) is 0. The Labute approximate surface area is 80.0 Å². The van der Waals surface area contributed by atoms with Crippen LogP contribution in [0.3, 0.4) is 0 Å². The van der Waals surface area contributed by atoms with Crippen molar-refractivity contribution in [3.63, 3.8) is 0 Å². The van der Waals surface area contributed by atoms with Gasteiger partial charge in [-0.2, -0.15) is 0 Å². The van der Waals surface area contributed by atoms with Crippen LogP contribution in [0.15, 0.2) is 23.8 Å². The molecule has 5 heteroatoms. The largest absolute Gasteiger partial charge is 0.394 e. The summed E-state index contributed by atoms with van der Waals surface area (Å²) in [6.45, 7) is -0.677. The summed E-state index contributed by atoms with van der Waals surface area (Å²) < 4.78 is 0. The fourth-order valence-corrected chi connectivity index (χ4v) is 1.06. The molecule has 2 unspecified atom stereocenters. The molecular formula is C9H10O5. The Balaban J connectivity index is 2.86. The lowest BCUT2D eigenvalue weighted by Crippen LogP contribution is -2.34. The number of carbonyl (C=O) groups is 2. The fourth-order valence-electron chi connectivity index (χ4n) is 1.06. The van der Waals surface area contributed by atoms with Gasteiger partial charge in [0.05, 0.1) is 6.61 Å². The lowest BCUT2D eigenvalue weighted by atomic mass is 9.95. The standard InChI is InChI=1S/C9H10O5/c10-4-8(13)9(14)6-3-5(11)1-2-7(6)12/h1-3,8-10,13-14H,4H2. The molecule has 14 heavy (non-hydrogen) atoms. The number of hydrogen-bond acceptors (Lipinski definition) is 5. The average Bonchev–Trinajstić information content (AvgIpc) is 2.19. The van der Waals surface area contributed by atoms with Crippen molar-refractivity contribution in [2.24, 2.45) is 0 Å².